The maximum absolute atomic E-state index is 12.8. The molecule has 0 rings (SSSR count). The Morgan fingerprint density at radius 2 is 1.58 bits per heavy atom. The molecule has 0 aromatic heterocycles. The topological polar surface area (TPSA) is 98.5 Å². The fourth-order valence-electron chi connectivity index (χ4n) is 2.39. The Bertz CT molecular complexity index is 478. The molecule has 24 heavy (non-hydrogen) atoms. The first kappa shape index (κ1) is 22.6. The highest BCUT2D eigenvalue weighted by molar-refractivity contribution is 6.14. The smallest absolute Gasteiger partial charge is 0.314 e. The number of amides is 1. The highest BCUT2D eigenvalue weighted by atomic mass is 16.6. The summed E-state index contributed by atoms with van der Waals surface area (Å²) in [5.74, 6) is -1.34. The molecule has 6 heteroatoms. The van der Waals surface area contributed by atoms with Crippen LogP contribution in [0, 0.1) is 11.3 Å². The number of nitrogens with one attached hydrogen (secondary N) is 1. The normalized spacial score (nSPS) is 14.9. The summed E-state index contributed by atoms with van der Waals surface area (Å²) in [6, 6.07) is 0. The molecule has 0 bridgehead atoms. The van der Waals surface area contributed by atoms with Crippen molar-refractivity contribution in [2.24, 2.45) is 17.1 Å². The van der Waals surface area contributed by atoms with Crippen molar-refractivity contribution in [1.82, 2.24) is 5.32 Å². The molecular formula is C18H34N2O4. The van der Waals surface area contributed by atoms with Gasteiger partial charge in [0.05, 0.1) is 5.41 Å². The quantitative estimate of drug-likeness (QED) is 0.520. The minimum Gasteiger partial charge on any atom is -0.459 e. The van der Waals surface area contributed by atoms with Gasteiger partial charge in [0.25, 0.3) is 0 Å². The lowest BCUT2D eigenvalue weighted by molar-refractivity contribution is -0.174. The zero-order chi connectivity index (χ0) is 19.3. The van der Waals surface area contributed by atoms with E-state index in [0.29, 0.717) is 12.3 Å². The van der Waals surface area contributed by atoms with Gasteiger partial charge >= 0.3 is 5.97 Å². The lowest BCUT2D eigenvalue weighted by Crippen LogP contribution is -2.69. The predicted octanol–water partition coefficient (Wildman–Crippen LogP) is 2.19. The third-order valence-corrected chi connectivity index (χ3v) is 4.11. The van der Waals surface area contributed by atoms with E-state index in [-0.39, 0.29) is 6.42 Å². The first-order chi connectivity index (χ1) is 10.7. The molecule has 1 atom stereocenters. The second kappa shape index (κ2) is 8.10. The number of hydrogen-bond donors (Lipinski definition) is 2. The van der Waals surface area contributed by atoms with Gasteiger partial charge < -0.3 is 15.8 Å². The van der Waals surface area contributed by atoms with Gasteiger partial charge in [0, 0.05) is 13.5 Å². The van der Waals surface area contributed by atoms with Gasteiger partial charge in [0.1, 0.15) is 5.60 Å². The van der Waals surface area contributed by atoms with Gasteiger partial charge in [-0.2, -0.15) is 0 Å². The van der Waals surface area contributed by atoms with Gasteiger partial charge in [-0.05, 0) is 47.0 Å². The highest BCUT2D eigenvalue weighted by Crippen LogP contribution is 2.34. The number of ether oxygens (including phenoxy) is 1. The predicted molar refractivity (Wildman–Crippen MR) is 94.3 cm³/mol. The van der Waals surface area contributed by atoms with Crippen LogP contribution in [-0.4, -0.2) is 35.8 Å². The van der Waals surface area contributed by atoms with E-state index < -0.39 is 34.2 Å². The van der Waals surface area contributed by atoms with E-state index in [1.54, 1.807) is 20.8 Å². The van der Waals surface area contributed by atoms with E-state index in [0.717, 1.165) is 6.42 Å². The van der Waals surface area contributed by atoms with E-state index >= 15 is 0 Å². The lowest BCUT2D eigenvalue weighted by Gasteiger charge is -2.40. The van der Waals surface area contributed by atoms with Crippen molar-refractivity contribution in [1.29, 1.82) is 0 Å². The standard InChI is InChI=1S/C18H34N2O4/c1-12(2)10-9-11-13(21)18(19,14(22)20-8)17(6,7)15(23)24-16(3,4)5/h12H,9-11,19H2,1-8H3,(H,20,22)/t18-/m1/s1. The SMILES string of the molecule is CNC(=O)[C@](N)(C(=O)CCCC(C)C)C(C)(C)C(=O)OC(C)(C)C. The maximum Gasteiger partial charge on any atom is 0.314 e. The number of likely N-dealkylation sites (N-methyl/N-ethyl adjacent to an activating group) is 1. The van der Waals surface area contributed by atoms with Crippen molar-refractivity contribution in [3.8, 4) is 0 Å². The lowest BCUT2D eigenvalue weighted by atomic mass is 9.68. The minimum atomic E-state index is -1.97. The average Bonchev–Trinajstić information content (AvgIpc) is 2.42. The number of hydrogen-bond acceptors (Lipinski definition) is 5. The van der Waals surface area contributed by atoms with E-state index in [2.05, 4.69) is 19.2 Å². The van der Waals surface area contributed by atoms with E-state index in [9.17, 15) is 14.4 Å². The van der Waals surface area contributed by atoms with Crippen LogP contribution in [0.15, 0.2) is 0 Å². The van der Waals surface area contributed by atoms with Gasteiger partial charge in [-0.15, -0.1) is 0 Å². The molecule has 0 radical (unpaired) electrons. The Morgan fingerprint density at radius 3 is 1.96 bits per heavy atom. The summed E-state index contributed by atoms with van der Waals surface area (Å²) in [6.07, 6.45) is 1.62. The van der Waals surface area contributed by atoms with Crippen molar-refractivity contribution in [2.75, 3.05) is 7.05 Å². The number of ketones is 1. The summed E-state index contributed by atoms with van der Waals surface area (Å²) in [7, 11) is 1.40. The fourth-order valence-corrected chi connectivity index (χ4v) is 2.39. The van der Waals surface area contributed by atoms with Crippen molar-refractivity contribution < 1.29 is 19.1 Å². The maximum atomic E-state index is 12.8. The molecule has 3 N–H and O–H groups in total. The van der Waals surface area contributed by atoms with Crippen molar-refractivity contribution in [3.05, 3.63) is 0 Å². The summed E-state index contributed by atoms with van der Waals surface area (Å²) in [5.41, 5.74) is 2.05. The van der Waals surface area contributed by atoms with Crippen LogP contribution in [0.5, 0.6) is 0 Å². The first-order valence-electron chi connectivity index (χ1n) is 8.48. The Balaban J connectivity index is 5.60. The van der Waals surface area contributed by atoms with E-state index in [1.165, 1.54) is 20.9 Å². The molecule has 0 aliphatic carbocycles. The molecular weight excluding hydrogens is 308 g/mol. The molecule has 0 aromatic rings. The summed E-state index contributed by atoms with van der Waals surface area (Å²) in [5, 5.41) is 2.42. The number of rotatable bonds is 8. The van der Waals surface area contributed by atoms with Crippen molar-refractivity contribution >= 4 is 17.7 Å². The third-order valence-electron chi connectivity index (χ3n) is 4.11. The molecule has 0 fully saturated rings. The third kappa shape index (κ3) is 5.30. The average molecular weight is 342 g/mol. The molecule has 140 valence electrons. The molecule has 0 aliphatic rings. The molecule has 6 nitrogen and oxygen atoms in total. The van der Waals surface area contributed by atoms with Gasteiger partial charge in [-0.25, -0.2) is 0 Å². The summed E-state index contributed by atoms with van der Waals surface area (Å²) in [6.45, 7) is 12.3. The molecule has 0 aromatic carbocycles. The van der Waals surface area contributed by atoms with Gasteiger partial charge in [-0.3, -0.25) is 14.4 Å². The van der Waals surface area contributed by atoms with Gasteiger partial charge in [0.15, 0.2) is 11.3 Å². The van der Waals surface area contributed by atoms with Gasteiger partial charge in [0.2, 0.25) is 5.91 Å². The number of Topliss-reactive ketones (excluding diaryl/α,β-unsaturated/α-hetero) is 1. The molecule has 0 saturated carbocycles. The number of carbonyl (C=O) groups is 3. The summed E-state index contributed by atoms with van der Waals surface area (Å²) < 4.78 is 5.39. The van der Waals surface area contributed by atoms with E-state index in [1.807, 2.05) is 0 Å². The second-order valence-corrected chi connectivity index (χ2v) is 8.22. The van der Waals surface area contributed by atoms with Crippen LogP contribution < -0.4 is 11.1 Å². The van der Waals surface area contributed by atoms with Crippen molar-refractivity contribution in [2.45, 2.75) is 78.9 Å². The Labute approximate surface area is 145 Å². The van der Waals surface area contributed by atoms with Crippen LogP contribution in [0.4, 0.5) is 0 Å². The first-order valence-corrected chi connectivity index (χ1v) is 8.48. The zero-order valence-electron chi connectivity index (χ0n) is 16.4. The fraction of sp³-hybridized carbons (Fsp3) is 0.833. The molecule has 1 amide bonds. The van der Waals surface area contributed by atoms with Gasteiger partial charge in [-0.1, -0.05) is 20.3 Å². The van der Waals surface area contributed by atoms with Crippen LogP contribution in [0.1, 0.15) is 67.7 Å². The Kier molecular flexibility index (Phi) is 7.62. The number of carbonyl (C=O) groups excluding carboxylic acids is 3. The molecule has 0 spiro atoms. The minimum absolute atomic E-state index is 0.147. The summed E-state index contributed by atoms with van der Waals surface area (Å²) >= 11 is 0. The van der Waals surface area contributed by atoms with Crippen LogP contribution in [0.2, 0.25) is 0 Å². The molecule has 0 aliphatic heterocycles. The molecule has 0 unspecified atom stereocenters. The molecule has 0 heterocycles. The second-order valence-electron chi connectivity index (χ2n) is 8.22. The Hall–Kier alpha value is -1.43. The Morgan fingerprint density at radius 1 is 1.08 bits per heavy atom. The molecule has 0 saturated heterocycles. The van der Waals surface area contributed by atoms with Crippen LogP contribution >= 0.6 is 0 Å². The number of esters is 1. The van der Waals surface area contributed by atoms with Crippen LogP contribution in [0.25, 0.3) is 0 Å². The highest BCUT2D eigenvalue weighted by Gasteiger charge is 2.58. The summed E-state index contributed by atoms with van der Waals surface area (Å²) in [4.78, 5) is 37.8. The largest absolute Gasteiger partial charge is 0.459 e. The van der Waals surface area contributed by atoms with Crippen molar-refractivity contribution in [3.63, 3.8) is 0 Å². The zero-order valence-corrected chi connectivity index (χ0v) is 16.4. The monoisotopic (exact) mass is 342 g/mol. The van der Waals surface area contributed by atoms with Crippen LogP contribution in [0.3, 0.4) is 0 Å². The number of nitrogens with two attached hydrogens (primary N) is 1. The van der Waals surface area contributed by atoms with E-state index in [4.69, 9.17) is 10.5 Å². The van der Waals surface area contributed by atoms with Crippen LogP contribution in [-0.2, 0) is 19.1 Å².